The number of hydrogen-bond donors (Lipinski definition) is 3. The number of nitrogens with zero attached hydrogens (tertiary/aromatic N) is 4. The van der Waals surface area contributed by atoms with Crippen molar-refractivity contribution in [1.29, 1.82) is 0 Å². The largest absolute Gasteiger partial charge is 0.374 e. The molecule has 4 fully saturated rings. The van der Waals surface area contributed by atoms with Gasteiger partial charge in [0.1, 0.15) is 11.7 Å². The normalized spacial score (nSPS) is 21.2. The van der Waals surface area contributed by atoms with Gasteiger partial charge in [0.2, 0.25) is 17.7 Å². The Balaban J connectivity index is 0.791. The van der Waals surface area contributed by atoms with Gasteiger partial charge in [0.15, 0.2) is 0 Å². The minimum atomic E-state index is -0.365. The molecular weight excluding hydrogens is 650 g/mol. The molecule has 0 radical (unpaired) electrons. The second-order valence-electron chi connectivity index (χ2n) is 14.3. The van der Waals surface area contributed by atoms with Gasteiger partial charge in [-0.1, -0.05) is 35.9 Å². The van der Waals surface area contributed by atoms with E-state index in [1.54, 1.807) is 0 Å². The van der Waals surface area contributed by atoms with Crippen LogP contribution in [0.15, 0.2) is 60.9 Å². The van der Waals surface area contributed by atoms with Gasteiger partial charge in [-0.2, -0.15) is 0 Å². The molecule has 2 aromatic carbocycles. The highest BCUT2D eigenvalue weighted by Gasteiger charge is 2.30. The predicted octanol–water partition coefficient (Wildman–Crippen LogP) is 5.90. The summed E-state index contributed by atoms with van der Waals surface area (Å²) in [4.78, 5) is 51.6. The third-order valence-electron chi connectivity index (χ3n) is 11.0. The van der Waals surface area contributed by atoms with Gasteiger partial charge in [0.25, 0.3) is 0 Å². The van der Waals surface area contributed by atoms with Crippen molar-refractivity contribution in [1.82, 2.24) is 25.1 Å². The molecule has 1 atom stereocenters. The van der Waals surface area contributed by atoms with E-state index in [0.29, 0.717) is 37.8 Å². The zero-order valence-corrected chi connectivity index (χ0v) is 29.1. The number of pyridine rings is 1. The van der Waals surface area contributed by atoms with Crippen molar-refractivity contribution in [3.8, 4) is 11.1 Å². The van der Waals surface area contributed by atoms with Crippen molar-refractivity contribution in [2.75, 3.05) is 56.0 Å². The summed E-state index contributed by atoms with van der Waals surface area (Å²) in [5, 5.41) is 7.42. The first-order valence-electron chi connectivity index (χ1n) is 18.1. The van der Waals surface area contributed by atoms with Gasteiger partial charge in [-0.3, -0.25) is 24.6 Å². The van der Waals surface area contributed by atoms with Crippen LogP contribution in [0, 0.1) is 0 Å². The fourth-order valence-electron chi connectivity index (χ4n) is 7.92. The number of fused-ring (bicyclic) bond motifs is 1. The number of hydrogen-bond acceptors (Lipinski definition) is 7. The summed E-state index contributed by atoms with van der Waals surface area (Å²) in [6.45, 7) is 6.07. The number of likely N-dealkylation sites (tertiary alicyclic amines) is 1. The molecule has 1 saturated carbocycles. The summed E-state index contributed by atoms with van der Waals surface area (Å²) in [6.07, 6.45) is 10.5. The number of benzene rings is 2. The van der Waals surface area contributed by atoms with Gasteiger partial charge >= 0.3 is 0 Å². The van der Waals surface area contributed by atoms with Crippen LogP contribution in [-0.4, -0.2) is 89.3 Å². The van der Waals surface area contributed by atoms with Crippen LogP contribution < -0.4 is 15.5 Å². The Morgan fingerprint density at radius 1 is 0.880 bits per heavy atom. The Hall–Kier alpha value is -4.25. The van der Waals surface area contributed by atoms with Gasteiger partial charge < -0.3 is 20.1 Å². The molecule has 5 heterocycles. The summed E-state index contributed by atoms with van der Waals surface area (Å²) in [5.41, 5.74) is 7.11. The standard InChI is InChI=1S/C39H44ClN7O3/c40-37-32(23-42-38-36(37)31(22-41-38)27-5-6-27)28-3-1-4-30(21-28)47-20-19-46(24-35(47)49)16-2-15-45-17-13-26(14-18-45)25-7-9-29(10-8-25)43-33-11-12-34(48)44-39(33)50/h1,3-4,7-10,21-23,26-27,33,43H,2,5-6,11-20,24H2,(H,41,42)(H,44,48,50). The fourth-order valence-corrected chi connectivity index (χ4v) is 8.27. The van der Waals surface area contributed by atoms with Crippen molar-refractivity contribution < 1.29 is 14.4 Å². The maximum Gasteiger partial charge on any atom is 0.249 e. The lowest BCUT2D eigenvalue weighted by Crippen LogP contribution is -2.51. The molecular formula is C39H44ClN7O3. The van der Waals surface area contributed by atoms with Crippen LogP contribution in [0.2, 0.25) is 5.02 Å². The number of carbonyl (C=O) groups excluding carboxylic acids is 3. The van der Waals surface area contributed by atoms with Crippen LogP contribution in [-0.2, 0) is 14.4 Å². The molecule has 2 aromatic heterocycles. The van der Waals surface area contributed by atoms with E-state index in [9.17, 15) is 14.4 Å². The summed E-state index contributed by atoms with van der Waals surface area (Å²) >= 11 is 6.99. The smallest absolute Gasteiger partial charge is 0.249 e. The number of piperazine rings is 1. The molecule has 4 aromatic rings. The van der Waals surface area contributed by atoms with E-state index in [1.165, 1.54) is 24.0 Å². The van der Waals surface area contributed by atoms with E-state index in [1.807, 2.05) is 41.4 Å². The lowest BCUT2D eigenvalue weighted by Gasteiger charge is -2.36. The molecule has 3 amide bonds. The average Bonchev–Trinajstić information content (AvgIpc) is 3.88. The molecule has 3 saturated heterocycles. The number of aromatic nitrogens is 2. The van der Waals surface area contributed by atoms with Gasteiger partial charge in [-0.05, 0) is 117 Å². The summed E-state index contributed by atoms with van der Waals surface area (Å²) in [7, 11) is 0. The van der Waals surface area contributed by atoms with E-state index in [2.05, 4.69) is 54.8 Å². The topological polar surface area (TPSA) is 114 Å². The van der Waals surface area contributed by atoms with Crippen LogP contribution in [0.5, 0.6) is 0 Å². The maximum atomic E-state index is 13.4. The zero-order chi connectivity index (χ0) is 34.2. The number of carbonyl (C=O) groups is 3. The lowest BCUT2D eigenvalue weighted by molar-refractivity contribution is -0.133. The van der Waals surface area contributed by atoms with E-state index in [0.717, 1.165) is 90.5 Å². The molecule has 3 N–H and O–H groups in total. The van der Waals surface area contributed by atoms with Gasteiger partial charge in [-0.15, -0.1) is 0 Å². The molecule has 0 spiro atoms. The fraction of sp³-hybridized carbons (Fsp3) is 0.436. The third-order valence-corrected chi connectivity index (χ3v) is 11.3. The van der Waals surface area contributed by atoms with Crippen molar-refractivity contribution in [3.63, 3.8) is 0 Å². The van der Waals surface area contributed by atoms with E-state index >= 15 is 0 Å². The van der Waals surface area contributed by atoms with Crippen LogP contribution in [0.3, 0.4) is 0 Å². The number of imide groups is 1. The lowest BCUT2D eigenvalue weighted by atomic mass is 9.89. The highest BCUT2D eigenvalue weighted by molar-refractivity contribution is 6.38. The van der Waals surface area contributed by atoms with Gasteiger partial charge in [0, 0.05) is 54.2 Å². The van der Waals surface area contributed by atoms with E-state index in [-0.39, 0.29) is 23.8 Å². The Kier molecular flexibility index (Phi) is 9.33. The predicted molar refractivity (Wildman–Crippen MR) is 197 cm³/mol. The number of halogens is 1. The number of amides is 3. The molecule has 8 rings (SSSR count). The summed E-state index contributed by atoms with van der Waals surface area (Å²) in [6, 6.07) is 16.2. The monoisotopic (exact) mass is 693 g/mol. The molecule has 50 heavy (non-hydrogen) atoms. The minimum Gasteiger partial charge on any atom is -0.374 e. The van der Waals surface area contributed by atoms with E-state index in [4.69, 9.17) is 11.6 Å². The number of H-pyrrole nitrogens is 1. The Morgan fingerprint density at radius 3 is 2.44 bits per heavy atom. The van der Waals surface area contributed by atoms with Crippen LogP contribution in [0.4, 0.5) is 11.4 Å². The quantitative estimate of drug-likeness (QED) is 0.178. The van der Waals surface area contributed by atoms with Crippen LogP contribution >= 0.6 is 11.6 Å². The number of nitrogens with one attached hydrogen (secondary N) is 3. The van der Waals surface area contributed by atoms with Crippen molar-refractivity contribution in [2.24, 2.45) is 0 Å². The highest BCUT2D eigenvalue weighted by Crippen LogP contribution is 2.46. The zero-order valence-electron chi connectivity index (χ0n) is 28.3. The SMILES string of the molecule is O=C1CCC(Nc2ccc(C3CCN(CCCN4CCN(c5cccc(-c6cnc7[nH]cc(C8CC8)c7c6Cl)c5)C(=O)C4)CC3)cc2)C(=O)N1. The maximum absolute atomic E-state index is 13.4. The Bertz CT molecular complexity index is 1900. The minimum absolute atomic E-state index is 0.133. The molecule has 260 valence electrons. The second kappa shape index (κ2) is 14.2. The Labute approximate surface area is 297 Å². The van der Waals surface area contributed by atoms with Crippen molar-refractivity contribution >= 4 is 51.7 Å². The van der Waals surface area contributed by atoms with Gasteiger partial charge in [0.05, 0.1) is 11.6 Å². The number of aromatic amines is 1. The molecule has 0 bridgehead atoms. The van der Waals surface area contributed by atoms with Crippen molar-refractivity contribution in [3.05, 3.63) is 77.1 Å². The first kappa shape index (κ1) is 32.9. The highest BCUT2D eigenvalue weighted by atomic mass is 35.5. The summed E-state index contributed by atoms with van der Waals surface area (Å²) < 4.78 is 0. The molecule has 1 aliphatic carbocycles. The second-order valence-corrected chi connectivity index (χ2v) is 14.7. The number of piperidine rings is 2. The van der Waals surface area contributed by atoms with Crippen LogP contribution in [0.25, 0.3) is 22.2 Å². The molecule has 3 aliphatic heterocycles. The van der Waals surface area contributed by atoms with E-state index < -0.39 is 0 Å². The van der Waals surface area contributed by atoms with Crippen molar-refractivity contribution in [2.45, 2.75) is 62.8 Å². The first-order valence-corrected chi connectivity index (χ1v) is 18.5. The Morgan fingerprint density at radius 2 is 1.68 bits per heavy atom. The number of anilines is 2. The molecule has 4 aliphatic rings. The van der Waals surface area contributed by atoms with Crippen LogP contribution in [0.1, 0.15) is 67.9 Å². The molecule has 11 heteroatoms. The molecule has 1 unspecified atom stereocenters. The average molecular weight is 694 g/mol. The third kappa shape index (κ3) is 7.02. The summed E-state index contributed by atoms with van der Waals surface area (Å²) in [5.74, 6) is 0.786. The molecule has 10 nitrogen and oxygen atoms in total. The first-order chi connectivity index (χ1) is 24.4. The number of rotatable bonds is 10. The van der Waals surface area contributed by atoms with Gasteiger partial charge in [-0.25, -0.2) is 4.98 Å².